The predicted octanol–water partition coefficient (Wildman–Crippen LogP) is 7.12. The fraction of sp³-hybridized carbons (Fsp3) is 0. The van der Waals surface area contributed by atoms with Gasteiger partial charge in [0.05, 0.1) is 0 Å². The molecule has 0 heterocycles. The Balaban J connectivity index is 1.29. The van der Waals surface area contributed by atoms with E-state index in [-0.39, 0.29) is 0 Å². The molecule has 0 aliphatic rings. The fourth-order valence-corrected chi connectivity index (χ4v) is 11.1. The lowest BCUT2D eigenvalue weighted by Crippen LogP contribution is -2.24. The lowest BCUT2D eigenvalue weighted by Gasteiger charge is -2.20. The normalized spacial score (nSPS) is 11.7. The summed E-state index contributed by atoms with van der Waals surface area (Å²) in [5, 5.41) is 4.90. The smallest absolute Gasteiger partial charge is 0.171 e. The summed E-state index contributed by atoms with van der Waals surface area (Å²) in [7, 11) is -6.01. The summed E-state index contributed by atoms with van der Waals surface area (Å²) < 4.78 is 29.2. The predicted molar refractivity (Wildman–Crippen MR) is 176 cm³/mol. The molecule has 5 heteroatoms. The summed E-state index contributed by atoms with van der Waals surface area (Å²) in [6.45, 7) is 0. The lowest BCUT2D eigenvalue weighted by molar-refractivity contribution is 0.591. The van der Waals surface area contributed by atoms with Crippen molar-refractivity contribution in [3.05, 3.63) is 170 Å². The summed E-state index contributed by atoms with van der Waals surface area (Å²) in [6, 6.07) is 54.9. The first-order chi connectivity index (χ1) is 20.1. The average molecular weight is 587 g/mol. The van der Waals surface area contributed by atoms with Gasteiger partial charge in [-0.15, -0.1) is 0 Å². The lowest BCUT2D eigenvalue weighted by atomic mass is 10.3. The average Bonchev–Trinajstić information content (AvgIpc) is 3.06. The molecule has 41 heavy (non-hydrogen) atoms. The molecule has 200 valence electrons. The van der Waals surface area contributed by atoms with Crippen molar-refractivity contribution < 1.29 is 9.13 Å². The molecule has 0 aliphatic carbocycles. The van der Waals surface area contributed by atoms with Crippen LogP contribution < -0.4 is 31.8 Å². The molecule has 0 atom stereocenters. The van der Waals surface area contributed by atoms with Crippen LogP contribution in [0.5, 0.6) is 0 Å². The van der Waals surface area contributed by atoms with E-state index in [1.165, 1.54) is 0 Å². The maximum atomic E-state index is 14.6. The first-order valence-electron chi connectivity index (χ1n) is 13.4. The van der Waals surface area contributed by atoms with Crippen molar-refractivity contribution in [1.82, 2.24) is 0 Å². The first kappa shape index (κ1) is 27.3. The van der Waals surface area contributed by atoms with Crippen LogP contribution in [0.15, 0.2) is 180 Å². The van der Waals surface area contributed by atoms with Crippen molar-refractivity contribution >= 4 is 57.9 Å². The van der Waals surface area contributed by atoms with Crippen molar-refractivity contribution in [3.8, 4) is 0 Å². The first-order valence-corrected chi connectivity index (χ1v) is 17.6. The highest BCUT2D eigenvalue weighted by Gasteiger charge is 2.30. The van der Waals surface area contributed by atoms with Crippen LogP contribution in [-0.4, -0.2) is 0 Å². The van der Waals surface area contributed by atoms with E-state index in [9.17, 15) is 9.13 Å². The monoisotopic (exact) mass is 586 g/mol. The Hall–Kier alpha value is -3.87. The van der Waals surface area contributed by atoms with Crippen LogP contribution in [0.1, 0.15) is 0 Å². The molecule has 2 nitrogen and oxygen atoms in total. The Labute approximate surface area is 245 Å². The molecule has 0 unspecified atom stereocenters. The van der Waals surface area contributed by atoms with Crippen molar-refractivity contribution in [1.29, 1.82) is 0 Å². The molecule has 0 aromatic heterocycles. The topological polar surface area (TPSA) is 34.1 Å². The molecule has 6 aromatic rings. The zero-order valence-corrected chi connectivity index (χ0v) is 24.9. The van der Waals surface area contributed by atoms with Crippen LogP contribution in [0.4, 0.5) is 0 Å². The van der Waals surface area contributed by atoms with Gasteiger partial charge in [-0.1, -0.05) is 133 Å². The Morgan fingerprint density at radius 2 is 0.512 bits per heavy atom. The van der Waals surface area contributed by atoms with E-state index in [0.717, 1.165) is 41.6 Å². The molecule has 0 N–H and O–H groups in total. The molecule has 6 aromatic carbocycles. The summed E-state index contributed by atoms with van der Waals surface area (Å²) >= 11 is 1.63. The Kier molecular flexibility index (Phi) is 7.95. The third-order valence-corrected chi connectivity index (χ3v) is 14.3. The molecular weight excluding hydrogens is 558 g/mol. The molecule has 0 amide bonds. The minimum absolute atomic E-state index is 0.807. The number of benzene rings is 6. The Morgan fingerprint density at radius 1 is 0.293 bits per heavy atom. The van der Waals surface area contributed by atoms with Crippen LogP contribution in [0.3, 0.4) is 0 Å². The maximum absolute atomic E-state index is 14.6. The van der Waals surface area contributed by atoms with E-state index in [2.05, 4.69) is 0 Å². The zero-order valence-electron chi connectivity index (χ0n) is 22.3. The van der Waals surface area contributed by atoms with Crippen molar-refractivity contribution in [2.24, 2.45) is 0 Å². The highest BCUT2D eigenvalue weighted by atomic mass is 32.2. The Bertz CT molecular complexity index is 1600. The minimum atomic E-state index is -3.00. The molecule has 0 spiro atoms. The van der Waals surface area contributed by atoms with Crippen LogP contribution in [0, 0.1) is 0 Å². The maximum Gasteiger partial charge on any atom is 0.171 e. The van der Waals surface area contributed by atoms with Gasteiger partial charge >= 0.3 is 0 Å². The van der Waals surface area contributed by atoms with Gasteiger partial charge in [0.25, 0.3) is 0 Å². The second kappa shape index (κ2) is 11.9. The quantitative estimate of drug-likeness (QED) is 0.178. The minimum Gasteiger partial charge on any atom is -0.309 e. The fourth-order valence-electron chi connectivity index (χ4n) is 5.03. The highest BCUT2D eigenvalue weighted by molar-refractivity contribution is 7.99. The van der Waals surface area contributed by atoms with E-state index >= 15 is 0 Å². The largest absolute Gasteiger partial charge is 0.309 e. The van der Waals surface area contributed by atoms with Crippen LogP contribution in [0.25, 0.3) is 0 Å². The molecule has 0 fully saturated rings. The van der Waals surface area contributed by atoms with Gasteiger partial charge in [-0.2, -0.15) is 0 Å². The molecule has 0 bridgehead atoms. The van der Waals surface area contributed by atoms with Gasteiger partial charge in [0.2, 0.25) is 0 Å². The highest BCUT2D eigenvalue weighted by Crippen LogP contribution is 2.44. The van der Waals surface area contributed by atoms with Crippen molar-refractivity contribution in [2.45, 2.75) is 9.79 Å². The van der Waals surface area contributed by atoms with Crippen LogP contribution >= 0.6 is 26.0 Å². The van der Waals surface area contributed by atoms with Gasteiger partial charge in [0, 0.05) is 41.6 Å². The van der Waals surface area contributed by atoms with E-state index in [1.807, 2.05) is 170 Å². The summed E-state index contributed by atoms with van der Waals surface area (Å²) in [5.41, 5.74) is 0. The van der Waals surface area contributed by atoms with E-state index < -0.39 is 14.3 Å². The third kappa shape index (κ3) is 5.42. The standard InChI is InChI=1S/C36H28O2P2S/c37-39(29-13-5-1-6-14-29,30-15-7-2-8-16-30)33-21-25-35(26-22-33)41-36-27-23-34(24-28-36)40(38,31-17-9-3-10-18-31)32-19-11-4-12-20-32/h1-28H. The zero-order chi connectivity index (χ0) is 28.1. The van der Waals surface area contributed by atoms with Gasteiger partial charge < -0.3 is 9.13 Å². The second-order valence-electron chi connectivity index (χ2n) is 9.65. The van der Waals surface area contributed by atoms with Gasteiger partial charge in [-0.25, -0.2) is 0 Å². The van der Waals surface area contributed by atoms with Gasteiger partial charge in [-0.3, -0.25) is 0 Å². The van der Waals surface area contributed by atoms with Crippen LogP contribution in [0.2, 0.25) is 0 Å². The van der Waals surface area contributed by atoms with Gasteiger partial charge in [-0.05, 0) is 48.5 Å². The van der Waals surface area contributed by atoms with Gasteiger partial charge in [0.15, 0.2) is 14.3 Å². The van der Waals surface area contributed by atoms with E-state index in [0.29, 0.717) is 0 Å². The number of rotatable bonds is 8. The van der Waals surface area contributed by atoms with Crippen LogP contribution in [-0.2, 0) is 9.13 Å². The van der Waals surface area contributed by atoms with Crippen molar-refractivity contribution in [3.63, 3.8) is 0 Å². The molecule has 0 radical (unpaired) electrons. The molecule has 0 saturated carbocycles. The molecule has 0 aliphatic heterocycles. The third-order valence-electron chi connectivity index (χ3n) is 7.12. The van der Waals surface area contributed by atoms with Gasteiger partial charge in [0.1, 0.15) is 0 Å². The SMILES string of the molecule is O=P(c1ccccc1)(c1ccccc1)c1ccc(Sc2ccc(P(=O)(c3ccccc3)c3ccccc3)cc2)cc1. The molecule has 6 rings (SSSR count). The Morgan fingerprint density at radius 3 is 0.756 bits per heavy atom. The van der Waals surface area contributed by atoms with Crippen molar-refractivity contribution in [2.75, 3.05) is 0 Å². The second-order valence-corrected chi connectivity index (χ2v) is 16.3. The summed E-state index contributed by atoms with van der Waals surface area (Å²) in [4.78, 5) is 2.09. The molecule has 0 saturated heterocycles. The molecular formula is C36H28O2P2S. The summed E-state index contributed by atoms with van der Waals surface area (Å²) in [5.74, 6) is 0. The number of hydrogen-bond donors (Lipinski definition) is 0. The number of hydrogen-bond acceptors (Lipinski definition) is 3. The van der Waals surface area contributed by atoms with E-state index in [4.69, 9.17) is 0 Å². The summed E-state index contributed by atoms with van der Waals surface area (Å²) in [6.07, 6.45) is 0. The van der Waals surface area contributed by atoms with E-state index in [1.54, 1.807) is 11.8 Å².